The lowest BCUT2D eigenvalue weighted by Gasteiger charge is -2.33. The summed E-state index contributed by atoms with van der Waals surface area (Å²) in [5.74, 6) is -0.721. The molecule has 2 aromatic rings. The SMILES string of the molecule is CC(NC(=O)c1ccoc1)C(=O)N1CCCC(C(=O)Nc2ccc(Cl)cn2)C1. The number of aromatic nitrogens is 1. The van der Waals surface area contributed by atoms with E-state index in [1.807, 2.05) is 0 Å². The maximum atomic E-state index is 12.7. The maximum absolute atomic E-state index is 12.7. The van der Waals surface area contributed by atoms with Crippen molar-refractivity contribution in [2.45, 2.75) is 25.8 Å². The van der Waals surface area contributed by atoms with Gasteiger partial charge in [0.2, 0.25) is 11.8 Å². The summed E-state index contributed by atoms with van der Waals surface area (Å²) in [6, 6.07) is 4.09. The highest BCUT2D eigenvalue weighted by Gasteiger charge is 2.31. The van der Waals surface area contributed by atoms with Gasteiger partial charge in [0.25, 0.3) is 5.91 Å². The number of halogens is 1. The molecule has 1 fully saturated rings. The highest BCUT2D eigenvalue weighted by atomic mass is 35.5. The Hall–Kier alpha value is -2.87. The van der Waals surface area contributed by atoms with E-state index in [4.69, 9.17) is 16.0 Å². The molecule has 0 aromatic carbocycles. The molecule has 0 radical (unpaired) electrons. The van der Waals surface area contributed by atoms with Gasteiger partial charge in [-0.15, -0.1) is 0 Å². The van der Waals surface area contributed by atoms with Crippen molar-refractivity contribution in [2.24, 2.45) is 5.92 Å². The number of carbonyl (C=O) groups is 3. The van der Waals surface area contributed by atoms with Crippen molar-refractivity contribution >= 4 is 35.1 Å². The van der Waals surface area contributed by atoms with Crippen LogP contribution in [0.1, 0.15) is 30.1 Å². The quantitative estimate of drug-likeness (QED) is 0.795. The summed E-state index contributed by atoms with van der Waals surface area (Å²) in [5.41, 5.74) is 0.353. The molecule has 3 rings (SSSR count). The third-order valence-corrected chi connectivity index (χ3v) is 4.81. The van der Waals surface area contributed by atoms with Crippen LogP contribution in [0.25, 0.3) is 0 Å². The van der Waals surface area contributed by atoms with Crippen molar-refractivity contribution in [3.8, 4) is 0 Å². The Balaban J connectivity index is 1.55. The van der Waals surface area contributed by atoms with Crippen LogP contribution < -0.4 is 10.6 Å². The Morgan fingerprint density at radius 1 is 1.32 bits per heavy atom. The van der Waals surface area contributed by atoms with Gasteiger partial charge in [-0.2, -0.15) is 0 Å². The molecular formula is C19H21ClN4O4. The zero-order valence-electron chi connectivity index (χ0n) is 15.4. The first-order valence-electron chi connectivity index (χ1n) is 8.98. The standard InChI is InChI=1S/C19H21ClN4O4/c1-12(22-18(26)14-6-8-28-11-14)19(27)24-7-2-3-13(10-24)17(25)23-16-5-4-15(20)9-21-16/h4-6,8-9,11-13H,2-3,7,10H2,1H3,(H,22,26)(H,21,23,25). The molecule has 0 saturated carbocycles. The second-order valence-corrected chi connectivity index (χ2v) is 7.12. The lowest BCUT2D eigenvalue weighted by molar-refractivity contribution is -0.136. The van der Waals surface area contributed by atoms with Crippen molar-refractivity contribution < 1.29 is 18.8 Å². The van der Waals surface area contributed by atoms with Crippen LogP contribution in [0.2, 0.25) is 5.02 Å². The molecule has 1 aliphatic rings. The van der Waals surface area contributed by atoms with E-state index in [0.717, 1.165) is 0 Å². The molecule has 1 saturated heterocycles. The number of nitrogens with one attached hydrogen (secondary N) is 2. The molecule has 28 heavy (non-hydrogen) atoms. The summed E-state index contributed by atoms with van der Waals surface area (Å²) in [6.45, 7) is 2.47. The Morgan fingerprint density at radius 2 is 2.14 bits per heavy atom. The fraction of sp³-hybridized carbons (Fsp3) is 0.368. The lowest BCUT2D eigenvalue weighted by Crippen LogP contribution is -2.51. The Labute approximate surface area is 167 Å². The first-order valence-corrected chi connectivity index (χ1v) is 9.36. The number of rotatable bonds is 5. The van der Waals surface area contributed by atoms with E-state index in [1.54, 1.807) is 24.0 Å². The third-order valence-electron chi connectivity index (χ3n) is 4.58. The molecule has 8 nitrogen and oxygen atoms in total. The molecule has 2 atom stereocenters. The molecule has 2 unspecified atom stereocenters. The smallest absolute Gasteiger partial charge is 0.255 e. The molecule has 3 amide bonds. The summed E-state index contributed by atoms with van der Waals surface area (Å²) in [6.07, 6.45) is 5.56. The molecule has 3 heterocycles. The lowest BCUT2D eigenvalue weighted by atomic mass is 9.96. The van der Waals surface area contributed by atoms with E-state index in [0.29, 0.717) is 42.3 Å². The fourth-order valence-electron chi connectivity index (χ4n) is 3.08. The number of hydrogen-bond donors (Lipinski definition) is 2. The molecule has 1 aliphatic heterocycles. The van der Waals surface area contributed by atoms with Gasteiger partial charge in [-0.25, -0.2) is 4.98 Å². The molecule has 2 aromatic heterocycles. The van der Waals surface area contributed by atoms with E-state index in [-0.39, 0.29) is 23.6 Å². The zero-order chi connectivity index (χ0) is 20.1. The van der Waals surface area contributed by atoms with Gasteiger partial charge in [0.05, 0.1) is 22.8 Å². The average molecular weight is 405 g/mol. The number of furan rings is 1. The highest BCUT2D eigenvalue weighted by Crippen LogP contribution is 2.19. The fourth-order valence-corrected chi connectivity index (χ4v) is 3.19. The number of pyridine rings is 1. The van der Waals surface area contributed by atoms with E-state index in [1.165, 1.54) is 24.8 Å². The van der Waals surface area contributed by atoms with Crippen LogP contribution in [0.3, 0.4) is 0 Å². The van der Waals surface area contributed by atoms with E-state index in [2.05, 4.69) is 15.6 Å². The van der Waals surface area contributed by atoms with Crippen LogP contribution in [0.5, 0.6) is 0 Å². The number of likely N-dealkylation sites (tertiary alicyclic amines) is 1. The van der Waals surface area contributed by atoms with Gasteiger partial charge in [-0.3, -0.25) is 14.4 Å². The van der Waals surface area contributed by atoms with Crippen molar-refractivity contribution in [3.05, 3.63) is 47.5 Å². The van der Waals surface area contributed by atoms with Gasteiger partial charge in [-0.1, -0.05) is 11.6 Å². The number of nitrogens with zero attached hydrogens (tertiary/aromatic N) is 2. The molecule has 0 bridgehead atoms. The summed E-state index contributed by atoms with van der Waals surface area (Å²) in [4.78, 5) is 43.0. The molecule has 9 heteroatoms. The van der Waals surface area contributed by atoms with Gasteiger partial charge in [0.15, 0.2) is 0 Å². The van der Waals surface area contributed by atoms with Crippen molar-refractivity contribution in [1.29, 1.82) is 0 Å². The molecule has 148 valence electrons. The van der Waals surface area contributed by atoms with Gasteiger partial charge in [0.1, 0.15) is 18.1 Å². The zero-order valence-corrected chi connectivity index (χ0v) is 16.1. The molecular weight excluding hydrogens is 384 g/mol. The predicted molar refractivity (Wildman–Crippen MR) is 103 cm³/mol. The predicted octanol–water partition coefficient (Wildman–Crippen LogP) is 2.32. The average Bonchev–Trinajstić information content (AvgIpc) is 3.24. The van der Waals surface area contributed by atoms with E-state index in [9.17, 15) is 14.4 Å². The summed E-state index contributed by atoms with van der Waals surface area (Å²) < 4.78 is 4.88. The van der Waals surface area contributed by atoms with Gasteiger partial charge in [-0.05, 0) is 38.0 Å². The van der Waals surface area contributed by atoms with Crippen molar-refractivity contribution in [2.75, 3.05) is 18.4 Å². The number of amides is 3. The van der Waals surface area contributed by atoms with Crippen LogP contribution in [0, 0.1) is 5.92 Å². The van der Waals surface area contributed by atoms with E-state index >= 15 is 0 Å². The van der Waals surface area contributed by atoms with Crippen LogP contribution in [0.15, 0.2) is 41.3 Å². The number of anilines is 1. The van der Waals surface area contributed by atoms with Gasteiger partial charge < -0.3 is 20.0 Å². The van der Waals surface area contributed by atoms with Crippen molar-refractivity contribution in [3.63, 3.8) is 0 Å². The normalized spacial score (nSPS) is 17.6. The first-order chi connectivity index (χ1) is 13.4. The van der Waals surface area contributed by atoms with Crippen LogP contribution in [-0.2, 0) is 9.59 Å². The topological polar surface area (TPSA) is 105 Å². The molecule has 0 spiro atoms. The monoisotopic (exact) mass is 404 g/mol. The Kier molecular flexibility index (Phi) is 6.30. The van der Waals surface area contributed by atoms with Gasteiger partial charge in [0, 0.05) is 19.3 Å². The second kappa shape index (κ2) is 8.88. The second-order valence-electron chi connectivity index (χ2n) is 6.68. The minimum atomic E-state index is -0.706. The summed E-state index contributed by atoms with van der Waals surface area (Å²) in [7, 11) is 0. The first kappa shape index (κ1) is 19.9. The summed E-state index contributed by atoms with van der Waals surface area (Å²) >= 11 is 5.79. The van der Waals surface area contributed by atoms with Crippen molar-refractivity contribution in [1.82, 2.24) is 15.2 Å². The molecule has 2 N–H and O–H groups in total. The number of hydrogen-bond acceptors (Lipinski definition) is 5. The van der Waals surface area contributed by atoms with Crippen LogP contribution in [0.4, 0.5) is 5.82 Å². The largest absolute Gasteiger partial charge is 0.472 e. The third kappa shape index (κ3) is 4.89. The van der Waals surface area contributed by atoms with Gasteiger partial charge >= 0.3 is 0 Å². The number of piperidine rings is 1. The Bertz CT molecular complexity index is 838. The van der Waals surface area contributed by atoms with Crippen LogP contribution >= 0.6 is 11.6 Å². The Morgan fingerprint density at radius 3 is 2.82 bits per heavy atom. The number of carbonyl (C=O) groups excluding carboxylic acids is 3. The van der Waals surface area contributed by atoms with Crippen LogP contribution in [-0.4, -0.2) is 46.7 Å². The molecule has 0 aliphatic carbocycles. The minimum Gasteiger partial charge on any atom is -0.472 e. The maximum Gasteiger partial charge on any atom is 0.255 e. The highest BCUT2D eigenvalue weighted by molar-refractivity contribution is 6.30. The summed E-state index contributed by atoms with van der Waals surface area (Å²) in [5, 5.41) is 5.89. The van der Waals surface area contributed by atoms with E-state index < -0.39 is 6.04 Å². The minimum absolute atomic E-state index is 0.192.